The van der Waals surface area contributed by atoms with Crippen LogP contribution in [0.4, 0.5) is 5.69 Å². The highest BCUT2D eigenvalue weighted by molar-refractivity contribution is 7.15. The van der Waals surface area contributed by atoms with Gasteiger partial charge in [0, 0.05) is 19.5 Å². The predicted octanol–water partition coefficient (Wildman–Crippen LogP) is 2.97. The first-order valence-electron chi connectivity index (χ1n) is 8.17. The van der Waals surface area contributed by atoms with E-state index in [-0.39, 0.29) is 17.9 Å². The van der Waals surface area contributed by atoms with Crippen LogP contribution in [0.1, 0.15) is 47.7 Å². The minimum Gasteiger partial charge on any atom is -0.465 e. The number of amides is 1. The first-order valence-corrected chi connectivity index (χ1v) is 8.99. The second-order valence-electron chi connectivity index (χ2n) is 6.22. The van der Waals surface area contributed by atoms with E-state index in [4.69, 9.17) is 4.74 Å². The van der Waals surface area contributed by atoms with Gasteiger partial charge in [0.15, 0.2) is 0 Å². The summed E-state index contributed by atoms with van der Waals surface area (Å²) in [4.78, 5) is 27.5. The van der Waals surface area contributed by atoms with Crippen LogP contribution in [0.2, 0.25) is 0 Å². The molecule has 2 rings (SSSR count). The van der Waals surface area contributed by atoms with Gasteiger partial charge in [-0.05, 0) is 25.3 Å². The highest BCUT2D eigenvalue weighted by atomic mass is 32.1. The Morgan fingerprint density at radius 3 is 2.88 bits per heavy atom. The Morgan fingerprint density at radius 2 is 2.21 bits per heavy atom. The van der Waals surface area contributed by atoms with Crippen molar-refractivity contribution < 1.29 is 14.3 Å². The van der Waals surface area contributed by atoms with Gasteiger partial charge in [-0.15, -0.1) is 11.3 Å². The summed E-state index contributed by atoms with van der Waals surface area (Å²) in [5.41, 5.74) is 0.633. The Morgan fingerprint density at radius 1 is 1.46 bits per heavy atom. The molecular weight excluding hydrogens is 324 g/mol. The van der Waals surface area contributed by atoms with Crippen molar-refractivity contribution in [3.05, 3.63) is 15.8 Å². The molecule has 0 saturated carbocycles. The van der Waals surface area contributed by atoms with E-state index >= 15 is 0 Å². The molecule has 0 bridgehead atoms. The largest absolute Gasteiger partial charge is 0.465 e. The Kier molecular flexibility index (Phi) is 6.27. The third-order valence-corrected chi connectivity index (χ3v) is 4.86. The number of carbonyl (C=O) groups excluding carboxylic acids is 2. The van der Waals surface area contributed by atoms with Crippen LogP contribution in [0.5, 0.6) is 0 Å². The van der Waals surface area contributed by atoms with E-state index in [1.807, 2.05) is 27.0 Å². The van der Waals surface area contributed by atoms with E-state index in [0.717, 1.165) is 30.7 Å². The molecular formula is C18H24N2O3S. The van der Waals surface area contributed by atoms with Crippen molar-refractivity contribution in [2.24, 2.45) is 5.92 Å². The number of likely N-dealkylation sites (N-methyl/N-ethyl adjacent to an activating group) is 1. The van der Waals surface area contributed by atoms with Gasteiger partial charge in [-0.3, -0.25) is 4.79 Å². The molecule has 1 saturated heterocycles. The standard InChI is InChI=1S/C18H24N2O3S/c1-12(2)8-9-13-11-15(16(24-13)18(22)23-4)19-14-7-5-6-10-20(3)17(14)21/h11-12,14,19H,5-7,10H2,1-4H3. The van der Waals surface area contributed by atoms with Gasteiger partial charge in [0.05, 0.1) is 17.7 Å². The van der Waals surface area contributed by atoms with Gasteiger partial charge in [0.2, 0.25) is 5.91 Å². The van der Waals surface area contributed by atoms with Crippen LogP contribution in [0.3, 0.4) is 0 Å². The Balaban J connectivity index is 2.28. The van der Waals surface area contributed by atoms with Crippen molar-refractivity contribution >= 4 is 28.9 Å². The molecule has 5 nitrogen and oxygen atoms in total. The van der Waals surface area contributed by atoms with Crippen molar-refractivity contribution in [1.29, 1.82) is 0 Å². The highest BCUT2D eigenvalue weighted by Gasteiger charge is 2.27. The van der Waals surface area contributed by atoms with Crippen molar-refractivity contribution in [2.75, 3.05) is 26.0 Å². The predicted molar refractivity (Wildman–Crippen MR) is 96.3 cm³/mol. The van der Waals surface area contributed by atoms with Gasteiger partial charge < -0.3 is 15.0 Å². The fourth-order valence-corrected chi connectivity index (χ4v) is 3.44. The molecule has 1 aliphatic rings. The molecule has 0 radical (unpaired) electrons. The van der Waals surface area contributed by atoms with Crippen LogP contribution in [0.25, 0.3) is 0 Å². The summed E-state index contributed by atoms with van der Waals surface area (Å²) in [6, 6.07) is 1.52. The molecule has 1 aliphatic heterocycles. The summed E-state index contributed by atoms with van der Waals surface area (Å²) in [6.07, 6.45) is 2.73. The molecule has 1 aromatic rings. The van der Waals surface area contributed by atoms with Crippen molar-refractivity contribution in [2.45, 2.75) is 39.2 Å². The average Bonchev–Trinajstić information content (AvgIpc) is 2.89. The van der Waals surface area contributed by atoms with Crippen molar-refractivity contribution in [3.8, 4) is 11.8 Å². The molecule has 1 atom stereocenters. The number of esters is 1. The number of ether oxygens (including phenoxy) is 1. The second kappa shape index (κ2) is 8.20. The summed E-state index contributed by atoms with van der Waals surface area (Å²) in [5.74, 6) is 6.08. The Bertz CT molecular complexity index is 670. The molecule has 2 heterocycles. The molecule has 1 unspecified atom stereocenters. The Hall–Kier alpha value is -2.00. The number of nitrogens with one attached hydrogen (secondary N) is 1. The molecule has 1 aromatic heterocycles. The zero-order valence-electron chi connectivity index (χ0n) is 14.6. The quantitative estimate of drug-likeness (QED) is 0.674. The first kappa shape index (κ1) is 18.3. The van der Waals surface area contributed by atoms with Crippen LogP contribution >= 0.6 is 11.3 Å². The van der Waals surface area contributed by atoms with Crippen LogP contribution in [-0.4, -0.2) is 43.5 Å². The van der Waals surface area contributed by atoms with Crippen molar-refractivity contribution in [1.82, 2.24) is 4.90 Å². The van der Waals surface area contributed by atoms with Crippen LogP contribution < -0.4 is 5.32 Å². The molecule has 6 heteroatoms. The lowest BCUT2D eigenvalue weighted by Gasteiger charge is -2.21. The SMILES string of the molecule is COC(=O)c1sc(C#CC(C)C)cc1NC1CCCCN(C)C1=O. The van der Waals surface area contributed by atoms with Gasteiger partial charge >= 0.3 is 5.97 Å². The van der Waals surface area contributed by atoms with E-state index < -0.39 is 5.97 Å². The zero-order chi connectivity index (χ0) is 17.7. The van der Waals surface area contributed by atoms with Gasteiger partial charge in [-0.2, -0.15) is 0 Å². The number of nitrogens with zero attached hydrogens (tertiary/aromatic N) is 1. The first-order chi connectivity index (χ1) is 11.4. The van der Waals surface area contributed by atoms with E-state index in [1.54, 1.807) is 4.90 Å². The highest BCUT2D eigenvalue weighted by Crippen LogP contribution is 2.29. The molecule has 1 amide bonds. The maximum absolute atomic E-state index is 12.4. The number of likely N-dealkylation sites (tertiary alicyclic amines) is 1. The van der Waals surface area contributed by atoms with Gasteiger partial charge in [0.1, 0.15) is 10.9 Å². The van der Waals surface area contributed by atoms with Crippen LogP contribution in [0.15, 0.2) is 6.07 Å². The van der Waals surface area contributed by atoms with Gasteiger partial charge in [0.25, 0.3) is 0 Å². The molecule has 1 fully saturated rings. The summed E-state index contributed by atoms with van der Waals surface area (Å²) in [7, 11) is 3.17. The van der Waals surface area contributed by atoms with E-state index in [0.29, 0.717) is 10.6 Å². The summed E-state index contributed by atoms with van der Waals surface area (Å²) in [5, 5.41) is 3.24. The number of thiophene rings is 1. The summed E-state index contributed by atoms with van der Waals surface area (Å²) < 4.78 is 4.87. The lowest BCUT2D eigenvalue weighted by atomic mass is 10.1. The third kappa shape index (κ3) is 4.51. The fraction of sp³-hybridized carbons (Fsp3) is 0.556. The number of methoxy groups -OCH3 is 1. The van der Waals surface area contributed by atoms with E-state index in [1.165, 1.54) is 18.4 Å². The van der Waals surface area contributed by atoms with Crippen LogP contribution in [0, 0.1) is 17.8 Å². The Labute approximate surface area is 147 Å². The molecule has 0 aliphatic carbocycles. The summed E-state index contributed by atoms with van der Waals surface area (Å²) in [6.45, 7) is 4.80. The monoisotopic (exact) mass is 348 g/mol. The number of carbonyl (C=O) groups is 2. The number of anilines is 1. The maximum Gasteiger partial charge on any atom is 0.350 e. The van der Waals surface area contributed by atoms with E-state index in [2.05, 4.69) is 17.2 Å². The molecule has 0 spiro atoms. The second-order valence-corrected chi connectivity index (χ2v) is 7.27. The number of hydrogen-bond donors (Lipinski definition) is 1. The van der Waals surface area contributed by atoms with E-state index in [9.17, 15) is 9.59 Å². The number of rotatable bonds is 3. The minimum atomic E-state index is -0.408. The topological polar surface area (TPSA) is 58.6 Å². The van der Waals surface area contributed by atoms with Gasteiger partial charge in [-0.25, -0.2) is 4.79 Å². The molecule has 130 valence electrons. The maximum atomic E-state index is 12.4. The van der Waals surface area contributed by atoms with Crippen molar-refractivity contribution in [3.63, 3.8) is 0 Å². The minimum absolute atomic E-state index is 0.0596. The smallest absolute Gasteiger partial charge is 0.350 e. The molecule has 24 heavy (non-hydrogen) atoms. The van der Waals surface area contributed by atoms with Crippen LogP contribution in [-0.2, 0) is 9.53 Å². The summed E-state index contributed by atoms with van der Waals surface area (Å²) >= 11 is 1.29. The lowest BCUT2D eigenvalue weighted by molar-refractivity contribution is -0.130. The fourth-order valence-electron chi connectivity index (χ4n) is 2.54. The lowest BCUT2D eigenvalue weighted by Crippen LogP contribution is -2.39. The molecule has 1 N–H and O–H groups in total. The zero-order valence-corrected chi connectivity index (χ0v) is 15.5. The normalized spacial score (nSPS) is 18.0. The average molecular weight is 348 g/mol. The van der Waals surface area contributed by atoms with Gasteiger partial charge in [-0.1, -0.05) is 25.7 Å². The molecule has 0 aromatic carbocycles. The number of hydrogen-bond acceptors (Lipinski definition) is 5. The third-order valence-electron chi connectivity index (χ3n) is 3.83.